The zero-order chi connectivity index (χ0) is 24.7. The largest absolute Gasteiger partial charge is 0.310 e. The Morgan fingerprint density at radius 2 is 1.25 bits per heavy atom. The van der Waals surface area contributed by atoms with Crippen molar-refractivity contribution in [2.45, 2.75) is 19.3 Å². The van der Waals surface area contributed by atoms with Crippen LogP contribution < -0.4 is 4.90 Å². The molecule has 0 radical (unpaired) electrons. The molecule has 0 aliphatic carbocycles. The maximum atomic E-state index is 9.35. The average molecular weight is 464 g/mol. The summed E-state index contributed by atoms with van der Waals surface area (Å²) >= 11 is 0. The van der Waals surface area contributed by atoms with Gasteiger partial charge in [0, 0.05) is 17.3 Å². The van der Waals surface area contributed by atoms with Crippen molar-refractivity contribution in [1.82, 2.24) is 4.98 Å². The number of nitrogens with zero attached hydrogens (tertiary/aromatic N) is 3. The molecule has 0 unspecified atom stereocenters. The van der Waals surface area contributed by atoms with Crippen LogP contribution in [-0.2, 0) is 5.41 Å². The summed E-state index contributed by atoms with van der Waals surface area (Å²) in [6.07, 6.45) is 1.70. The Labute approximate surface area is 211 Å². The second-order valence-corrected chi connectivity index (χ2v) is 9.63. The number of hydrogen-bond acceptors (Lipinski definition) is 3. The zero-order valence-electron chi connectivity index (χ0n) is 20.3. The van der Waals surface area contributed by atoms with E-state index in [2.05, 4.69) is 121 Å². The first-order valence-corrected chi connectivity index (χ1v) is 12.1. The van der Waals surface area contributed by atoms with Crippen LogP contribution in [-0.4, -0.2) is 4.98 Å². The molecule has 36 heavy (non-hydrogen) atoms. The summed E-state index contributed by atoms with van der Waals surface area (Å²) in [6, 6.07) is 40.4. The third-order valence-electron chi connectivity index (χ3n) is 7.16. The Morgan fingerprint density at radius 3 is 1.89 bits per heavy atom. The van der Waals surface area contributed by atoms with E-state index in [1.807, 2.05) is 18.2 Å². The number of pyridine rings is 1. The van der Waals surface area contributed by atoms with E-state index in [4.69, 9.17) is 0 Å². The summed E-state index contributed by atoms with van der Waals surface area (Å²) in [4.78, 5) is 6.52. The Hall–Kier alpha value is -4.68. The van der Waals surface area contributed by atoms with Gasteiger partial charge >= 0.3 is 0 Å². The number of nitriles is 1. The van der Waals surface area contributed by atoms with Crippen LogP contribution in [0.2, 0.25) is 0 Å². The number of hydrogen-bond donors (Lipinski definition) is 0. The van der Waals surface area contributed by atoms with Gasteiger partial charge in [0.1, 0.15) is 11.8 Å². The molecule has 6 rings (SSSR count). The van der Waals surface area contributed by atoms with E-state index >= 15 is 0 Å². The van der Waals surface area contributed by atoms with Gasteiger partial charge in [0.05, 0.1) is 11.4 Å². The van der Waals surface area contributed by atoms with Crippen molar-refractivity contribution < 1.29 is 0 Å². The molecule has 3 nitrogen and oxygen atoms in total. The maximum absolute atomic E-state index is 9.35. The first-order valence-electron chi connectivity index (χ1n) is 12.1. The molecular weight excluding hydrogens is 438 g/mol. The fourth-order valence-electron chi connectivity index (χ4n) is 5.41. The lowest BCUT2D eigenvalue weighted by Gasteiger charge is -2.42. The molecule has 0 N–H and O–H groups in total. The molecule has 172 valence electrons. The third-order valence-corrected chi connectivity index (χ3v) is 7.16. The predicted molar refractivity (Wildman–Crippen MR) is 147 cm³/mol. The second kappa shape index (κ2) is 8.52. The lowest BCUT2D eigenvalue weighted by molar-refractivity contribution is 0.632. The highest BCUT2D eigenvalue weighted by molar-refractivity contribution is 5.89. The minimum atomic E-state index is -0.0896. The Kier molecular flexibility index (Phi) is 5.16. The highest BCUT2D eigenvalue weighted by Gasteiger charge is 2.36. The summed E-state index contributed by atoms with van der Waals surface area (Å²) in [5.41, 5.74) is 10.8. The normalized spacial score (nSPS) is 13.4. The van der Waals surface area contributed by atoms with Gasteiger partial charge in [-0.3, -0.25) is 0 Å². The van der Waals surface area contributed by atoms with E-state index in [0.717, 1.165) is 27.9 Å². The topological polar surface area (TPSA) is 39.9 Å². The van der Waals surface area contributed by atoms with Crippen molar-refractivity contribution in [3.8, 4) is 28.3 Å². The molecule has 4 aromatic carbocycles. The molecule has 3 heteroatoms. The van der Waals surface area contributed by atoms with E-state index in [1.165, 1.54) is 22.5 Å². The van der Waals surface area contributed by atoms with Crippen molar-refractivity contribution in [3.63, 3.8) is 0 Å². The standard InChI is InChI=1S/C33H25N3/c1-33(2)29-14-5-7-16-31(29)36(32-17-8-6-15-30(32)33)26-11-9-10-23(21-26)27-12-3-4-13-28(27)24-18-19-35-25(20-24)22-34/h3-21H,1-2H3. The van der Waals surface area contributed by atoms with Gasteiger partial charge in [0.2, 0.25) is 0 Å². The molecule has 1 aliphatic rings. The molecule has 5 aromatic rings. The minimum Gasteiger partial charge on any atom is -0.310 e. The quantitative estimate of drug-likeness (QED) is 0.270. The van der Waals surface area contributed by atoms with Gasteiger partial charge in [-0.2, -0.15) is 5.26 Å². The minimum absolute atomic E-state index is 0.0896. The van der Waals surface area contributed by atoms with Crippen LogP contribution in [0.5, 0.6) is 0 Å². The molecule has 0 saturated carbocycles. The van der Waals surface area contributed by atoms with Gasteiger partial charge in [-0.15, -0.1) is 0 Å². The van der Waals surface area contributed by atoms with Gasteiger partial charge in [-0.1, -0.05) is 86.6 Å². The van der Waals surface area contributed by atoms with Gasteiger partial charge in [-0.05, 0) is 69.8 Å². The first-order chi connectivity index (χ1) is 17.6. The molecule has 1 aliphatic heterocycles. The fourth-order valence-corrected chi connectivity index (χ4v) is 5.41. The van der Waals surface area contributed by atoms with E-state index < -0.39 is 0 Å². The molecular formula is C33H25N3. The number of para-hydroxylation sites is 2. The van der Waals surface area contributed by atoms with Crippen LogP contribution >= 0.6 is 0 Å². The van der Waals surface area contributed by atoms with Crippen molar-refractivity contribution >= 4 is 17.1 Å². The lowest BCUT2D eigenvalue weighted by Crippen LogP contribution is -2.30. The Bertz CT molecular complexity index is 1590. The molecule has 0 saturated heterocycles. The summed E-state index contributed by atoms with van der Waals surface area (Å²) in [5, 5.41) is 9.35. The number of aromatic nitrogens is 1. The number of benzene rings is 4. The number of rotatable bonds is 3. The average Bonchev–Trinajstić information content (AvgIpc) is 2.93. The smallest absolute Gasteiger partial charge is 0.141 e. The van der Waals surface area contributed by atoms with Crippen LogP contribution in [0.15, 0.2) is 115 Å². The first kappa shape index (κ1) is 21.8. The fraction of sp³-hybridized carbons (Fsp3) is 0.0909. The molecule has 1 aromatic heterocycles. The lowest BCUT2D eigenvalue weighted by atomic mass is 9.73. The number of anilines is 3. The van der Waals surface area contributed by atoms with Crippen molar-refractivity contribution in [1.29, 1.82) is 5.26 Å². The molecule has 2 heterocycles. The van der Waals surface area contributed by atoms with Crippen LogP contribution in [0.1, 0.15) is 30.7 Å². The highest BCUT2D eigenvalue weighted by atomic mass is 15.2. The summed E-state index contributed by atoms with van der Waals surface area (Å²) in [6.45, 7) is 4.61. The molecule has 0 spiro atoms. The van der Waals surface area contributed by atoms with E-state index in [9.17, 15) is 5.26 Å². The monoisotopic (exact) mass is 463 g/mol. The van der Waals surface area contributed by atoms with Crippen LogP contribution in [0, 0.1) is 11.3 Å². The van der Waals surface area contributed by atoms with Crippen molar-refractivity contribution in [3.05, 3.63) is 132 Å². The highest BCUT2D eigenvalue weighted by Crippen LogP contribution is 2.52. The SMILES string of the molecule is CC1(C)c2ccccc2N(c2cccc(-c3ccccc3-c3ccnc(C#N)c3)c2)c2ccccc21. The van der Waals surface area contributed by atoms with Crippen molar-refractivity contribution in [2.75, 3.05) is 4.90 Å². The molecule has 0 atom stereocenters. The van der Waals surface area contributed by atoms with E-state index in [-0.39, 0.29) is 5.41 Å². The van der Waals surface area contributed by atoms with Gasteiger partial charge in [0.15, 0.2) is 0 Å². The van der Waals surface area contributed by atoms with Crippen LogP contribution in [0.3, 0.4) is 0 Å². The summed E-state index contributed by atoms with van der Waals surface area (Å²) < 4.78 is 0. The predicted octanol–water partition coefficient (Wildman–Crippen LogP) is 8.40. The second-order valence-electron chi connectivity index (χ2n) is 9.63. The molecule has 0 fully saturated rings. The van der Waals surface area contributed by atoms with Gasteiger partial charge in [0.25, 0.3) is 0 Å². The number of fused-ring (bicyclic) bond motifs is 2. The molecule has 0 amide bonds. The maximum Gasteiger partial charge on any atom is 0.141 e. The Morgan fingerprint density at radius 1 is 0.667 bits per heavy atom. The third kappa shape index (κ3) is 3.47. The zero-order valence-corrected chi connectivity index (χ0v) is 20.3. The van der Waals surface area contributed by atoms with Crippen LogP contribution in [0.25, 0.3) is 22.3 Å². The van der Waals surface area contributed by atoms with Crippen LogP contribution in [0.4, 0.5) is 17.1 Å². The molecule has 0 bridgehead atoms. The van der Waals surface area contributed by atoms with E-state index in [0.29, 0.717) is 5.69 Å². The van der Waals surface area contributed by atoms with Gasteiger partial charge in [-0.25, -0.2) is 4.98 Å². The van der Waals surface area contributed by atoms with E-state index in [1.54, 1.807) is 6.20 Å². The van der Waals surface area contributed by atoms with Crippen molar-refractivity contribution in [2.24, 2.45) is 0 Å². The summed E-state index contributed by atoms with van der Waals surface area (Å²) in [5.74, 6) is 0. The Balaban J connectivity index is 1.53. The summed E-state index contributed by atoms with van der Waals surface area (Å²) in [7, 11) is 0. The van der Waals surface area contributed by atoms with Gasteiger partial charge < -0.3 is 4.90 Å².